The summed E-state index contributed by atoms with van der Waals surface area (Å²) in [5.74, 6) is -0.721. The van der Waals surface area contributed by atoms with Crippen LogP contribution in [0.25, 0.3) is 0 Å². The number of ether oxygens (including phenoxy) is 2. The van der Waals surface area contributed by atoms with Gasteiger partial charge in [0.2, 0.25) is 0 Å². The number of benzene rings is 1. The van der Waals surface area contributed by atoms with Gasteiger partial charge in [-0.05, 0) is 61.7 Å². The Morgan fingerprint density at radius 1 is 1.03 bits per heavy atom. The molecule has 0 amide bonds. The Bertz CT molecular complexity index is 693. The van der Waals surface area contributed by atoms with Gasteiger partial charge in [0.05, 0.1) is 12.8 Å². The van der Waals surface area contributed by atoms with Crippen molar-refractivity contribution in [3.63, 3.8) is 0 Å². The highest BCUT2D eigenvalue weighted by Gasteiger charge is 2.38. The summed E-state index contributed by atoms with van der Waals surface area (Å²) >= 11 is 0. The van der Waals surface area contributed by atoms with Crippen molar-refractivity contribution in [2.75, 3.05) is 20.3 Å². The molecule has 8 heteroatoms. The van der Waals surface area contributed by atoms with Crippen molar-refractivity contribution in [2.45, 2.75) is 64.3 Å². The first-order valence-electron chi connectivity index (χ1n) is 10.1. The molecule has 0 aliphatic rings. The number of methoxy groups -OCH3 is 1. The zero-order chi connectivity index (χ0) is 22.8. The van der Waals surface area contributed by atoms with E-state index in [4.69, 9.17) is 13.9 Å². The van der Waals surface area contributed by atoms with Crippen LogP contribution in [0.5, 0.6) is 5.75 Å². The first-order valence-corrected chi connectivity index (χ1v) is 13.0. The second kappa shape index (κ2) is 11.6. The third-order valence-electron chi connectivity index (χ3n) is 5.06. The summed E-state index contributed by atoms with van der Waals surface area (Å²) in [7, 11) is -0.237. The number of rotatable bonds is 10. The molecule has 0 atom stereocenters. The van der Waals surface area contributed by atoms with Gasteiger partial charge in [0, 0.05) is 6.61 Å². The van der Waals surface area contributed by atoms with Crippen LogP contribution in [0.1, 0.15) is 40.0 Å². The second-order valence-electron chi connectivity index (χ2n) is 8.50. The fraction of sp³-hybridized carbons (Fsp3) is 0.591. The van der Waals surface area contributed by atoms with Crippen molar-refractivity contribution < 1.29 is 27.1 Å². The number of aliphatic imine (C=N–C) groups is 1. The average Bonchev–Trinajstić information content (AvgIpc) is 2.64. The molecule has 0 aliphatic carbocycles. The molecule has 0 saturated heterocycles. The lowest BCUT2D eigenvalue weighted by Crippen LogP contribution is -2.40. The fourth-order valence-corrected chi connectivity index (χ4v) is 3.26. The van der Waals surface area contributed by atoms with E-state index >= 15 is 0 Å². The van der Waals surface area contributed by atoms with Gasteiger partial charge in [-0.2, -0.15) is 13.2 Å². The van der Waals surface area contributed by atoms with E-state index in [-0.39, 0.29) is 17.3 Å². The molecular weight excluding hydrogens is 411 g/mol. The van der Waals surface area contributed by atoms with E-state index in [1.807, 2.05) is 6.08 Å². The second-order valence-corrected chi connectivity index (χ2v) is 13.3. The maximum atomic E-state index is 13.1. The first kappa shape index (κ1) is 26.2. The molecule has 170 valence electrons. The van der Waals surface area contributed by atoms with Crippen molar-refractivity contribution in [1.82, 2.24) is 0 Å². The molecule has 4 nitrogen and oxygen atoms in total. The molecule has 0 aliphatic heterocycles. The van der Waals surface area contributed by atoms with E-state index < -0.39 is 20.4 Å². The van der Waals surface area contributed by atoms with Crippen molar-refractivity contribution >= 4 is 19.9 Å². The van der Waals surface area contributed by atoms with Crippen LogP contribution in [0.4, 0.5) is 18.9 Å². The smallest absolute Gasteiger partial charge is 0.468 e. The Labute approximate surface area is 179 Å². The number of unbranched alkanes of at least 4 members (excludes halogenated alkanes) is 2. The maximum Gasteiger partial charge on any atom is 0.468 e. The van der Waals surface area contributed by atoms with Crippen LogP contribution >= 0.6 is 0 Å². The molecule has 0 spiro atoms. The van der Waals surface area contributed by atoms with E-state index in [1.54, 1.807) is 18.2 Å². The number of nitrogens with zero attached hydrogens (tertiary/aromatic N) is 1. The Morgan fingerprint density at radius 2 is 1.67 bits per heavy atom. The molecule has 1 aromatic rings. The zero-order valence-corrected chi connectivity index (χ0v) is 19.8. The van der Waals surface area contributed by atoms with Crippen molar-refractivity contribution in [1.29, 1.82) is 0 Å². The Kier molecular flexibility index (Phi) is 10.1. The van der Waals surface area contributed by atoms with Gasteiger partial charge in [-0.25, -0.2) is 4.99 Å². The van der Waals surface area contributed by atoms with Crippen molar-refractivity contribution in [3.05, 3.63) is 36.4 Å². The largest absolute Gasteiger partial charge is 0.497 e. The fourth-order valence-electron chi connectivity index (χ4n) is 2.17. The maximum absolute atomic E-state index is 13.1. The van der Waals surface area contributed by atoms with Crippen LogP contribution in [-0.4, -0.2) is 40.7 Å². The molecule has 0 unspecified atom stereocenters. The topological polar surface area (TPSA) is 40.0 Å². The third-order valence-corrected chi connectivity index (χ3v) is 9.60. The standard InChI is InChI=1S/C22H34F3NO3Si/c1-21(2,3)30(5,6)29-17-11-9-7-8-10-16-28-20(22(23,24)25)26-18-12-14-19(27-4)15-13-18/h8,10,12-15H,7,9,11,16-17H2,1-6H3/b10-8+,26-20?. The average molecular weight is 446 g/mol. The molecule has 30 heavy (non-hydrogen) atoms. The quantitative estimate of drug-likeness (QED) is 0.127. The number of halogens is 3. The van der Waals surface area contributed by atoms with Crippen LogP contribution in [0.3, 0.4) is 0 Å². The molecule has 0 bridgehead atoms. The van der Waals surface area contributed by atoms with Crippen molar-refractivity contribution in [3.8, 4) is 5.75 Å². The van der Waals surface area contributed by atoms with Crippen LogP contribution in [0.2, 0.25) is 18.1 Å². The molecular formula is C22H34F3NO3Si. The van der Waals surface area contributed by atoms with Crippen LogP contribution in [0, 0.1) is 0 Å². The van der Waals surface area contributed by atoms with E-state index in [0.717, 1.165) is 19.3 Å². The molecule has 0 N–H and O–H groups in total. The van der Waals surface area contributed by atoms with E-state index in [1.165, 1.54) is 19.2 Å². The summed E-state index contributed by atoms with van der Waals surface area (Å²) in [6.07, 6.45) is 1.36. The van der Waals surface area contributed by atoms with Crippen molar-refractivity contribution in [2.24, 2.45) is 4.99 Å². The molecule has 1 rings (SSSR count). The van der Waals surface area contributed by atoms with Gasteiger partial charge in [-0.15, -0.1) is 0 Å². The van der Waals surface area contributed by atoms with Gasteiger partial charge < -0.3 is 13.9 Å². The minimum Gasteiger partial charge on any atom is -0.497 e. The van der Waals surface area contributed by atoms with E-state index in [2.05, 4.69) is 38.9 Å². The van der Waals surface area contributed by atoms with Gasteiger partial charge in [-0.1, -0.05) is 32.9 Å². The highest BCUT2D eigenvalue weighted by molar-refractivity contribution is 6.74. The highest BCUT2D eigenvalue weighted by Crippen LogP contribution is 2.36. The molecule has 0 fully saturated rings. The van der Waals surface area contributed by atoms with E-state index in [9.17, 15) is 13.2 Å². The normalized spacial score (nSPS) is 13.7. The SMILES string of the molecule is COc1ccc(N=C(OC/C=C/CCCCO[Si](C)(C)C(C)(C)C)C(F)(F)F)cc1. The number of allylic oxidation sites excluding steroid dienone is 1. The Balaban J connectivity index is 2.41. The van der Waals surface area contributed by atoms with Gasteiger partial charge in [0.25, 0.3) is 5.90 Å². The zero-order valence-electron chi connectivity index (χ0n) is 18.8. The summed E-state index contributed by atoms with van der Waals surface area (Å²) in [5.41, 5.74) is 0.147. The van der Waals surface area contributed by atoms with Gasteiger partial charge >= 0.3 is 6.18 Å². The molecule has 0 heterocycles. The summed E-state index contributed by atoms with van der Waals surface area (Å²) in [4.78, 5) is 3.57. The number of hydrogen-bond donors (Lipinski definition) is 0. The van der Waals surface area contributed by atoms with Crippen LogP contribution in [0.15, 0.2) is 41.4 Å². The predicted octanol–water partition coefficient (Wildman–Crippen LogP) is 7.05. The highest BCUT2D eigenvalue weighted by atomic mass is 28.4. The molecule has 0 saturated carbocycles. The van der Waals surface area contributed by atoms with Crippen LogP contribution < -0.4 is 4.74 Å². The lowest BCUT2D eigenvalue weighted by Gasteiger charge is -2.36. The number of hydrogen-bond acceptors (Lipinski definition) is 4. The third kappa shape index (κ3) is 9.34. The van der Waals surface area contributed by atoms with Gasteiger partial charge in [0.15, 0.2) is 8.32 Å². The molecule has 0 radical (unpaired) electrons. The Morgan fingerprint density at radius 3 is 2.20 bits per heavy atom. The lowest BCUT2D eigenvalue weighted by molar-refractivity contribution is -0.0770. The summed E-state index contributed by atoms with van der Waals surface area (Å²) < 4.78 is 55.3. The number of alkyl halides is 3. The van der Waals surface area contributed by atoms with E-state index in [0.29, 0.717) is 12.4 Å². The van der Waals surface area contributed by atoms with Gasteiger partial charge in [0.1, 0.15) is 12.4 Å². The van der Waals surface area contributed by atoms with Crippen LogP contribution in [-0.2, 0) is 9.16 Å². The predicted molar refractivity (Wildman–Crippen MR) is 118 cm³/mol. The van der Waals surface area contributed by atoms with Gasteiger partial charge in [-0.3, -0.25) is 0 Å². The molecule has 1 aromatic carbocycles. The minimum absolute atomic E-state index is 0.147. The minimum atomic E-state index is -4.66. The summed E-state index contributed by atoms with van der Waals surface area (Å²) in [6.45, 7) is 11.6. The molecule has 0 aromatic heterocycles. The lowest BCUT2D eigenvalue weighted by atomic mass is 10.2. The summed E-state index contributed by atoms with van der Waals surface area (Å²) in [6, 6.07) is 5.97. The summed E-state index contributed by atoms with van der Waals surface area (Å²) in [5, 5.41) is 0.188. The first-order chi connectivity index (χ1) is 13.9. The monoisotopic (exact) mass is 445 g/mol. The Hall–Kier alpha value is -1.80.